The Morgan fingerprint density at radius 2 is 2.00 bits per heavy atom. The highest BCUT2D eigenvalue weighted by molar-refractivity contribution is 14.1. The molecule has 0 saturated carbocycles. The van der Waals surface area contributed by atoms with Crippen LogP contribution in [0.15, 0.2) is 6.33 Å². The molecule has 7 heteroatoms. The second-order valence-corrected chi connectivity index (χ2v) is 6.94. The van der Waals surface area contributed by atoms with Crippen LogP contribution in [0, 0.1) is 3.70 Å². The molecule has 2 N–H and O–H groups in total. The predicted molar refractivity (Wildman–Crippen MR) is 82.8 cm³/mol. The van der Waals surface area contributed by atoms with Gasteiger partial charge in [0.25, 0.3) is 0 Å². The lowest BCUT2D eigenvalue weighted by atomic mass is 9.98. The smallest absolute Gasteiger partial charge is 0.164 e. The van der Waals surface area contributed by atoms with Crippen molar-refractivity contribution in [3.8, 4) is 0 Å². The van der Waals surface area contributed by atoms with E-state index in [0.29, 0.717) is 11.9 Å². The second-order valence-electron chi connectivity index (χ2n) is 5.92. The zero-order valence-electron chi connectivity index (χ0n) is 11.3. The molecule has 0 spiro atoms. The Bertz CT molecular complexity index is 623. The summed E-state index contributed by atoms with van der Waals surface area (Å²) in [5.41, 5.74) is 6.96. The van der Waals surface area contributed by atoms with Crippen molar-refractivity contribution < 1.29 is 0 Å². The normalized spacial score (nSPS) is 17.9. The van der Waals surface area contributed by atoms with E-state index in [1.165, 1.54) is 6.33 Å². The lowest BCUT2D eigenvalue weighted by Gasteiger charge is -2.47. The van der Waals surface area contributed by atoms with E-state index in [1.807, 2.05) is 4.68 Å². The van der Waals surface area contributed by atoms with Crippen molar-refractivity contribution >= 4 is 39.4 Å². The Morgan fingerprint density at radius 3 is 2.63 bits per heavy atom. The van der Waals surface area contributed by atoms with Crippen molar-refractivity contribution in [3.05, 3.63) is 10.0 Å². The molecule has 1 aliphatic heterocycles. The molecule has 2 aromatic heterocycles. The number of fused-ring (bicyclic) bond motifs is 1. The molecule has 1 aliphatic rings. The Kier molecular flexibility index (Phi) is 2.93. The fourth-order valence-electron chi connectivity index (χ4n) is 2.37. The SMILES string of the molecule is CC(C)(C)N1CC(n2nc(I)c3c(N)ncnc32)C1. The van der Waals surface area contributed by atoms with Crippen molar-refractivity contribution in [2.45, 2.75) is 32.4 Å². The first kappa shape index (κ1) is 13.0. The van der Waals surface area contributed by atoms with Gasteiger partial charge in [-0.3, -0.25) is 4.90 Å². The fourth-order valence-corrected chi connectivity index (χ4v) is 3.12. The molecule has 0 aromatic carbocycles. The Morgan fingerprint density at radius 1 is 1.32 bits per heavy atom. The Labute approximate surface area is 125 Å². The molecule has 0 unspecified atom stereocenters. The third-order valence-corrected chi connectivity index (χ3v) is 4.39. The van der Waals surface area contributed by atoms with E-state index < -0.39 is 0 Å². The summed E-state index contributed by atoms with van der Waals surface area (Å²) >= 11 is 2.19. The third-order valence-electron chi connectivity index (χ3n) is 3.63. The molecule has 102 valence electrons. The number of nitrogen functional groups attached to an aromatic ring is 1. The second kappa shape index (κ2) is 4.27. The van der Waals surface area contributed by atoms with Crippen LogP contribution in [0.1, 0.15) is 26.8 Å². The molecule has 0 atom stereocenters. The largest absolute Gasteiger partial charge is 0.383 e. The summed E-state index contributed by atoms with van der Waals surface area (Å²) in [7, 11) is 0. The lowest BCUT2D eigenvalue weighted by molar-refractivity contribution is 0.0169. The number of likely N-dealkylation sites (tertiary alicyclic amines) is 1. The first-order valence-corrected chi connectivity index (χ1v) is 7.35. The average molecular weight is 372 g/mol. The first-order valence-electron chi connectivity index (χ1n) is 6.27. The molecule has 2 aromatic rings. The number of rotatable bonds is 1. The molecular weight excluding hydrogens is 355 g/mol. The molecule has 1 saturated heterocycles. The molecule has 0 aliphatic carbocycles. The summed E-state index contributed by atoms with van der Waals surface area (Å²) < 4.78 is 2.87. The van der Waals surface area contributed by atoms with Crippen LogP contribution in [-0.2, 0) is 0 Å². The van der Waals surface area contributed by atoms with Gasteiger partial charge in [-0.15, -0.1) is 0 Å². The van der Waals surface area contributed by atoms with E-state index in [1.54, 1.807) is 0 Å². The van der Waals surface area contributed by atoms with Crippen molar-refractivity contribution in [2.24, 2.45) is 0 Å². The van der Waals surface area contributed by atoms with Crippen LogP contribution in [0.5, 0.6) is 0 Å². The Balaban J connectivity index is 1.94. The van der Waals surface area contributed by atoms with E-state index >= 15 is 0 Å². The third kappa shape index (κ3) is 2.08. The summed E-state index contributed by atoms with van der Waals surface area (Å²) in [5, 5.41) is 5.46. The minimum Gasteiger partial charge on any atom is -0.383 e. The number of nitrogens with zero attached hydrogens (tertiary/aromatic N) is 5. The van der Waals surface area contributed by atoms with Crippen LogP contribution < -0.4 is 5.73 Å². The highest BCUT2D eigenvalue weighted by atomic mass is 127. The van der Waals surface area contributed by atoms with Gasteiger partial charge in [0.1, 0.15) is 15.8 Å². The zero-order chi connectivity index (χ0) is 13.8. The van der Waals surface area contributed by atoms with Gasteiger partial charge in [-0.2, -0.15) is 5.10 Å². The van der Waals surface area contributed by atoms with Gasteiger partial charge in [-0.25, -0.2) is 14.6 Å². The monoisotopic (exact) mass is 372 g/mol. The maximum Gasteiger partial charge on any atom is 0.164 e. The quantitative estimate of drug-likeness (QED) is 0.771. The molecule has 0 radical (unpaired) electrons. The molecule has 0 bridgehead atoms. The summed E-state index contributed by atoms with van der Waals surface area (Å²) in [6.45, 7) is 8.69. The van der Waals surface area contributed by atoms with Crippen LogP contribution in [0.25, 0.3) is 11.0 Å². The summed E-state index contributed by atoms with van der Waals surface area (Å²) in [5.74, 6) is 0.507. The topological polar surface area (TPSA) is 72.9 Å². The minimum atomic E-state index is 0.209. The van der Waals surface area contributed by atoms with Crippen molar-refractivity contribution in [2.75, 3.05) is 18.8 Å². The molecule has 3 rings (SSSR count). The van der Waals surface area contributed by atoms with E-state index in [0.717, 1.165) is 27.8 Å². The summed E-state index contributed by atoms with van der Waals surface area (Å²) in [6, 6.07) is 0.375. The van der Waals surface area contributed by atoms with E-state index in [-0.39, 0.29) is 5.54 Å². The van der Waals surface area contributed by atoms with Crippen LogP contribution >= 0.6 is 22.6 Å². The highest BCUT2D eigenvalue weighted by Crippen LogP contribution is 2.32. The number of hydrogen-bond donors (Lipinski definition) is 1. The standard InChI is InChI=1S/C12H17IN6/c1-12(2,3)18-4-7(5-18)19-11-8(9(13)17-19)10(14)15-6-16-11/h6-7H,4-5H2,1-3H3,(H2,14,15,16). The maximum atomic E-state index is 5.91. The van der Waals surface area contributed by atoms with Gasteiger partial charge in [-0.05, 0) is 43.4 Å². The zero-order valence-corrected chi connectivity index (χ0v) is 13.4. The average Bonchev–Trinajstić information content (AvgIpc) is 2.53. The van der Waals surface area contributed by atoms with Crippen molar-refractivity contribution in [1.29, 1.82) is 0 Å². The summed E-state index contributed by atoms with van der Waals surface area (Å²) in [4.78, 5) is 10.8. The first-order chi connectivity index (χ1) is 8.88. The number of halogens is 1. The van der Waals surface area contributed by atoms with Gasteiger partial charge < -0.3 is 5.73 Å². The van der Waals surface area contributed by atoms with Crippen LogP contribution in [0.2, 0.25) is 0 Å². The minimum absolute atomic E-state index is 0.209. The highest BCUT2D eigenvalue weighted by Gasteiger charge is 2.37. The van der Waals surface area contributed by atoms with Crippen LogP contribution in [-0.4, -0.2) is 43.3 Å². The van der Waals surface area contributed by atoms with Crippen LogP contribution in [0.3, 0.4) is 0 Å². The Hall–Kier alpha value is -0.960. The van der Waals surface area contributed by atoms with Crippen LogP contribution in [0.4, 0.5) is 5.82 Å². The van der Waals surface area contributed by atoms with Gasteiger partial charge in [-0.1, -0.05) is 0 Å². The van der Waals surface area contributed by atoms with E-state index in [4.69, 9.17) is 5.73 Å². The maximum absolute atomic E-state index is 5.91. The van der Waals surface area contributed by atoms with Gasteiger partial charge >= 0.3 is 0 Å². The molecule has 6 nitrogen and oxygen atoms in total. The number of anilines is 1. The fraction of sp³-hybridized carbons (Fsp3) is 0.583. The van der Waals surface area contributed by atoms with Gasteiger partial charge in [0, 0.05) is 18.6 Å². The van der Waals surface area contributed by atoms with Gasteiger partial charge in [0.2, 0.25) is 0 Å². The molecule has 3 heterocycles. The molecule has 19 heavy (non-hydrogen) atoms. The van der Waals surface area contributed by atoms with Crippen molar-refractivity contribution in [3.63, 3.8) is 0 Å². The summed E-state index contributed by atoms with van der Waals surface area (Å²) in [6.07, 6.45) is 1.51. The molecule has 0 amide bonds. The van der Waals surface area contributed by atoms with E-state index in [2.05, 4.69) is 63.3 Å². The predicted octanol–water partition coefficient (Wildman–Crippen LogP) is 1.67. The molecular formula is C12H17IN6. The number of aromatic nitrogens is 4. The lowest BCUT2D eigenvalue weighted by Crippen LogP contribution is -2.56. The number of hydrogen-bond acceptors (Lipinski definition) is 5. The van der Waals surface area contributed by atoms with Gasteiger partial charge in [0.05, 0.1) is 11.4 Å². The van der Waals surface area contributed by atoms with Gasteiger partial charge in [0.15, 0.2) is 5.65 Å². The molecule has 1 fully saturated rings. The number of nitrogens with two attached hydrogens (primary N) is 1. The van der Waals surface area contributed by atoms with E-state index in [9.17, 15) is 0 Å². The van der Waals surface area contributed by atoms with Crippen molar-refractivity contribution in [1.82, 2.24) is 24.6 Å².